The number of benzene rings is 1. The van der Waals surface area contributed by atoms with Crippen LogP contribution in [-0.4, -0.2) is 53.9 Å². The normalized spacial score (nSPS) is 15.5. The highest BCUT2D eigenvalue weighted by Gasteiger charge is 2.25. The molecule has 1 aromatic carbocycles. The highest BCUT2D eigenvalue weighted by atomic mass is 16.3. The van der Waals surface area contributed by atoms with Crippen LogP contribution in [0.5, 0.6) is 0 Å². The highest BCUT2D eigenvalue weighted by Crippen LogP contribution is 2.19. The van der Waals surface area contributed by atoms with E-state index in [1.807, 2.05) is 13.8 Å². The summed E-state index contributed by atoms with van der Waals surface area (Å²) in [6.45, 7) is 6.57. The molecule has 2 N–H and O–H groups in total. The standard InChI is InChI=1S/C17H22N2O3/c1-3-19(4-2)11-12(20)10-18-15-9-16(21)13-7-5-6-8-14(13)17(15)22/h5-9,12,18,20H,3-4,10-11H2,1-2H3. The number of aliphatic hydroxyl groups is 1. The fourth-order valence-electron chi connectivity index (χ4n) is 2.52. The molecule has 0 saturated heterocycles. The predicted octanol–water partition coefficient (Wildman–Crippen LogP) is 1.24. The van der Waals surface area contributed by atoms with E-state index < -0.39 is 6.10 Å². The van der Waals surface area contributed by atoms with Crippen molar-refractivity contribution in [3.63, 3.8) is 0 Å². The van der Waals surface area contributed by atoms with Gasteiger partial charge in [-0.15, -0.1) is 0 Å². The van der Waals surface area contributed by atoms with E-state index in [2.05, 4.69) is 10.2 Å². The summed E-state index contributed by atoms with van der Waals surface area (Å²) >= 11 is 0. The van der Waals surface area contributed by atoms with Crippen LogP contribution >= 0.6 is 0 Å². The van der Waals surface area contributed by atoms with Gasteiger partial charge in [-0.05, 0) is 13.1 Å². The maximum Gasteiger partial charge on any atom is 0.209 e. The van der Waals surface area contributed by atoms with Gasteiger partial charge in [0.1, 0.15) is 0 Å². The van der Waals surface area contributed by atoms with Gasteiger partial charge in [-0.1, -0.05) is 38.1 Å². The number of likely N-dealkylation sites (N-methyl/N-ethyl adjacent to an activating group) is 1. The molecule has 0 fully saturated rings. The molecule has 5 heteroatoms. The molecule has 0 radical (unpaired) electrons. The molecule has 0 heterocycles. The molecule has 0 aliphatic heterocycles. The Balaban J connectivity index is 2.00. The Morgan fingerprint density at radius 2 is 1.77 bits per heavy atom. The second kappa shape index (κ2) is 7.33. The number of nitrogens with one attached hydrogen (secondary N) is 1. The summed E-state index contributed by atoms with van der Waals surface area (Å²) in [4.78, 5) is 26.5. The van der Waals surface area contributed by atoms with Crippen molar-refractivity contribution in [2.45, 2.75) is 20.0 Å². The van der Waals surface area contributed by atoms with Crippen molar-refractivity contribution in [2.75, 3.05) is 26.2 Å². The summed E-state index contributed by atoms with van der Waals surface area (Å²) in [6, 6.07) is 6.78. The van der Waals surface area contributed by atoms with Gasteiger partial charge in [0.25, 0.3) is 0 Å². The molecule has 1 aliphatic carbocycles. The lowest BCUT2D eigenvalue weighted by atomic mass is 9.93. The zero-order valence-electron chi connectivity index (χ0n) is 13.0. The Bertz CT molecular complexity index is 591. The van der Waals surface area contributed by atoms with Gasteiger partial charge < -0.3 is 15.3 Å². The third-order valence-electron chi connectivity index (χ3n) is 3.85. The Labute approximate surface area is 130 Å². The average Bonchev–Trinajstić information content (AvgIpc) is 2.54. The predicted molar refractivity (Wildman–Crippen MR) is 85.0 cm³/mol. The van der Waals surface area contributed by atoms with E-state index in [9.17, 15) is 14.7 Å². The number of rotatable bonds is 7. The average molecular weight is 302 g/mol. The lowest BCUT2D eigenvalue weighted by Gasteiger charge is -2.23. The summed E-state index contributed by atoms with van der Waals surface area (Å²) in [5.74, 6) is -0.388. The van der Waals surface area contributed by atoms with Gasteiger partial charge >= 0.3 is 0 Å². The monoisotopic (exact) mass is 302 g/mol. The van der Waals surface area contributed by atoms with Crippen LogP contribution in [0.15, 0.2) is 36.0 Å². The minimum atomic E-state index is -0.596. The number of carbonyl (C=O) groups is 2. The fraction of sp³-hybridized carbons (Fsp3) is 0.412. The molecule has 5 nitrogen and oxygen atoms in total. The summed E-state index contributed by atoms with van der Waals surface area (Å²) in [5.41, 5.74) is 1.10. The third kappa shape index (κ3) is 3.61. The van der Waals surface area contributed by atoms with E-state index in [0.717, 1.165) is 13.1 Å². The smallest absolute Gasteiger partial charge is 0.209 e. The van der Waals surface area contributed by atoms with Crippen LogP contribution in [0, 0.1) is 0 Å². The van der Waals surface area contributed by atoms with Gasteiger partial charge in [0.2, 0.25) is 5.78 Å². The van der Waals surface area contributed by atoms with Crippen molar-refractivity contribution < 1.29 is 14.7 Å². The second-order valence-corrected chi connectivity index (χ2v) is 5.32. The third-order valence-corrected chi connectivity index (χ3v) is 3.85. The van der Waals surface area contributed by atoms with E-state index >= 15 is 0 Å². The first-order valence-electron chi connectivity index (χ1n) is 7.60. The van der Waals surface area contributed by atoms with Gasteiger partial charge in [0.15, 0.2) is 5.78 Å². The van der Waals surface area contributed by atoms with Crippen molar-refractivity contribution in [2.24, 2.45) is 0 Å². The molecule has 0 aromatic heterocycles. The Morgan fingerprint density at radius 1 is 1.14 bits per heavy atom. The van der Waals surface area contributed by atoms with Gasteiger partial charge in [-0.2, -0.15) is 0 Å². The number of ketones is 2. The molecule has 1 unspecified atom stereocenters. The lowest BCUT2D eigenvalue weighted by Crippen LogP contribution is -2.39. The zero-order chi connectivity index (χ0) is 16.1. The first-order chi connectivity index (χ1) is 10.6. The number of hydrogen-bond acceptors (Lipinski definition) is 5. The summed E-state index contributed by atoms with van der Waals surface area (Å²) in [7, 11) is 0. The molecule has 0 saturated carbocycles. The summed E-state index contributed by atoms with van der Waals surface area (Å²) in [6.07, 6.45) is 0.718. The number of carbonyl (C=O) groups excluding carboxylic acids is 2. The van der Waals surface area contributed by atoms with Crippen LogP contribution in [0.4, 0.5) is 0 Å². The molecule has 0 amide bonds. The van der Waals surface area contributed by atoms with Crippen molar-refractivity contribution in [3.8, 4) is 0 Å². The Hall–Kier alpha value is -1.98. The first kappa shape index (κ1) is 16.4. The van der Waals surface area contributed by atoms with E-state index in [-0.39, 0.29) is 23.8 Å². The topological polar surface area (TPSA) is 69.6 Å². The minimum absolute atomic E-state index is 0.184. The maximum atomic E-state index is 12.3. The van der Waals surface area contributed by atoms with Crippen LogP contribution in [0.1, 0.15) is 34.6 Å². The molecule has 118 valence electrons. The summed E-state index contributed by atoms with van der Waals surface area (Å²) in [5, 5.41) is 12.9. The molecule has 22 heavy (non-hydrogen) atoms. The van der Waals surface area contributed by atoms with Crippen LogP contribution < -0.4 is 5.32 Å². The van der Waals surface area contributed by atoms with Crippen molar-refractivity contribution in [1.29, 1.82) is 0 Å². The second-order valence-electron chi connectivity index (χ2n) is 5.32. The largest absolute Gasteiger partial charge is 0.390 e. The highest BCUT2D eigenvalue weighted by molar-refractivity contribution is 6.24. The SMILES string of the molecule is CCN(CC)CC(O)CNC1=CC(=O)c2ccccc2C1=O. The van der Waals surface area contributed by atoms with Crippen LogP contribution in [0.2, 0.25) is 0 Å². The fourth-order valence-corrected chi connectivity index (χ4v) is 2.52. The number of hydrogen-bond donors (Lipinski definition) is 2. The van der Waals surface area contributed by atoms with Gasteiger partial charge in [0, 0.05) is 30.3 Å². The Morgan fingerprint density at radius 3 is 2.41 bits per heavy atom. The van der Waals surface area contributed by atoms with Crippen LogP contribution in [-0.2, 0) is 0 Å². The van der Waals surface area contributed by atoms with E-state index in [1.165, 1.54) is 6.08 Å². The number of fused-ring (bicyclic) bond motifs is 1. The number of nitrogens with zero attached hydrogens (tertiary/aromatic N) is 1. The molecule has 1 atom stereocenters. The zero-order valence-corrected chi connectivity index (χ0v) is 13.0. The van der Waals surface area contributed by atoms with Crippen molar-refractivity contribution in [1.82, 2.24) is 10.2 Å². The quantitative estimate of drug-likeness (QED) is 0.793. The van der Waals surface area contributed by atoms with E-state index in [0.29, 0.717) is 17.7 Å². The molecule has 2 rings (SSSR count). The number of Topliss-reactive ketones (excluding diaryl/α,β-unsaturated/α-hetero) is 1. The Kier molecular flexibility index (Phi) is 5.46. The molecule has 0 bridgehead atoms. The number of allylic oxidation sites excluding steroid dienone is 2. The summed E-state index contributed by atoms with van der Waals surface area (Å²) < 4.78 is 0. The van der Waals surface area contributed by atoms with E-state index in [4.69, 9.17) is 0 Å². The van der Waals surface area contributed by atoms with Crippen LogP contribution in [0.3, 0.4) is 0 Å². The van der Waals surface area contributed by atoms with E-state index in [1.54, 1.807) is 24.3 Å². The molecular weight excluding hydrogens is 280 g/mol. The molecule has 1 aliphatic rings. The lowest BCUT2D eigenvalue weighted by molar-refractivity contribution is 0.0964. The van der Waals surface area contributed by atoms with Gasteiger partial charge in [-0.25, -0.2) is 0 Å². The molecule has 1 aromatic rings. The van der Waals surface area contributed by atoms with Gasteiger partial charge in [0.05, 0.1) is 11.8 Å². The first-order valence-corrected chi connectivity index (χ1v) is 7.60. The minimum Gasteiger partial charge on any atom is -0.390 e. The van der Waals surface area contributed by atoms with Crippen molar-refractivity contribution >= 4 is 11.6 Å². The molecular formula is C17H22N2O3. The number of aliphatic hydroxyl groups excluding tert-OH is 1. The van der Waals surface area contributed by atoms with Gasteiger partial charge in [-0.3, -0.25) is 9.59 Å². The van der Waals surface area contributed by atoms with Crippen LogP contribution in [0.25, 0.3) is 0 Å². The van der Waals surface area contributed by atoms with Crippen molar-refractivity contribution in [3.05, 3.63) is 47.2 Å². The maximum absolute atomic E-state index is 12.3. The molecule has 0 spiro atoms.